The molecule has 0 aromatic heterocycles. The summed E-state index contributed by atoms with van der Waals surface area (Å²) in [6.45, 7) is 5.62. The minimum atomic E-state index is -0.340. The zero-order valence-corrected chi connectivity index (χ0v) is 16.8. The number of carbonyl (C=O) groups is 1. The zero-order chi connectivity index (χ0) is 20.0. The zero-order valence-electron chi connectivity index (χ0n) is 16.8. The second-order valence-corrected chi connectivity index (χ2v) is 7.88. The highest BCUT2D eigenvalue weighted by Gasteiger charge is 2.34. The van der Waals surface area contributed by atoms with E-state index in [0.717, 1.165) is 23.0 Å². The van der Waals surface area contributed by atoms with Crippen LogP contribution >= 0.6 is 0 Å². The molecule has 28 heavy (non-hydrogen) atoms. The first-order valence-corrected chi connectivity index (χ1v) is 9.63. The molecule has 0 amide bonds. The summed E-state index contributed by atoms with van der Waals surface area (Å²) in [6.07, 6.45) is 3.07. The van der Waals surface area contributed by atoms with Crippen molar-refractivity contribution in [1.29, 1.82) is 0 Å². The maximum absolute atomic E-state index is 11.8. The normalized spacial score (nSPS) is 16.7. The summed E-state index contributed by atoms with van der Waals surface area (Å²) in [5, 5.41) is 0. The summed E-state index contributed by atoms with van der Waals surface area (Å²) in [4.78, 5) is 11.8. The van der Waals surface area contributed by atoms with E-state index in [1.165, 1.54) is 12.7 Å². The van der Waals surface area contributed by atoms with E-state index in [2.05, 4.69) is 26.0 Å². The van der Waals surface area contributed by atoms with E-state index in [1.807, 2.05) is 42.5 Å². The molecule has 0 N–H and O–H groups in total. The van der Waals surface area contributed by atoms with Gasteiger partial charge in [-0.25, -0.2) is 4.79 Å². The van der Waals surface area contributed by atoms with E-state index in [4.69, 9.17) is 14.0 Å². The van der Waals surface area contributed by atoms with Crippen molar-refractivity contribution < 1.29 is 18.8 Å². The summed E-state index contributed by atoms with van der Waals surface area (Å²) >= 11 is 0. The molecule has 2 aromatic rings. The van der Waals surface area contributed by atoms with Crippen LogP contribution in [0.4, 0.5) is 0 Å². The Balaban J connectivity index is 1.77. The molecule has 1 aliphatic heterocycles. The van der Waals surface area contributed by atoms with E-state index < -0.39 is 0 Å². The van der Waals surface area contributed by atoms with Crippen molar-refractivity contribution in [2.75, 3.05) is 20.3 Å². The standard InChI is InChI=1S/C23H27BO4/c1-23(2)16-27-24(28-17-23)21-12-8-7-11-19(21)13-14-20(15-22(25)26-3)18-9-5-4-6-10-18/h4-12,15H,13-14,16-17H2,1-3H3/b20-15-. The average Bonchev–Trinajstić information content (AvgIpc) is 2.72. The third-order valence-corrected chi connectivity index (χ3v) is 4.86. The molecule has 1 heterocycles. The summed E-state index contributed by atoms with van der Waals surface area (Å²) in [5.41, 5.74) is 4.24. The predicted octanol–water partition coefficient (Wildman–Crippen LogP) is 3.64. The van der Waals surface area contributed by atoms with Gasteiger partial charge in [0.15, 0.2) is 0 Å². The largest absolute Gasteiger partial charge is 0.494 e. The molecule has 0 bridgehead atoms. The maximum atomic E-state index is 11.8. The second-order valence-electron chi connectivity index (χ2n) is 7.88. The number of benzene rings is 2. The molecule has 1 saturated heterocycles. The number of methoxy groups -OCH3 is 1. The van der Waals surface area contributed by atoms with Gasteiger partial charge in [-0.3, -0.25) is 0 Å². The van der Waals surface area contributed by atoms with Crippen LogP contribution in [0.1, 0.15) is 31.4 Å². The molecule has 0 atom stereocenters. The fourth-order valence-corrected chi connectivity index (χ4v) is 3.29. The number of hydrogen-bond acceptors (Lipinski definition) is 4. The van der Waals surface area contributed by atoms with Gasteiger partial charge in [0.2, 0.25) is 0 Å². The first kappa shape index (κ1) is 20.4. The number of hydrogen-bond donors (Lipinski definition) is 0. The van der Waals surface area contributed by atoms with Crippen LogP contribution in [-0.2, 0) is 25.3 Å². The molecule has 146 valence electrons. The predicted molar refractivity (Wildman–Crippen MR) is 112 cm³/mol. The molecule has 2 aromatic carbocycles. The lowest BCUT2D eigenvalue weighted by molar-refractivity contribution is -0.134. The van der Waals surface area contributed by atoms with Gasteiger partial charge in [0.05, 0.1) is 7.11 Å². The molecule has 4 nitrogen and oxygen atoms in total. The van der Waals surface area contributed by atoms with Gasteiger partial charge in [-0.15, -0.1) is 0 Å². The first-order valence-electron chi connectivity index (χ1n) is 9.63. The summed E-state index contributed by atoms with van der Waals surface area (Å²) in [7, 11) is 1.06. The van der Waals surface area contributed by atoms with Crippen LogP contribution in [0.25, 0.3) is 5.57 Å². The molecule has 1 fully saturated rings. The maximum Gasteiger partial charge on any atom is 0.494 e. The quantitative estimate of drug-likeness (QED) is 0.437. The Morgan fingerprint density at radius 3 is 2.39 bits per heavy atom. The van der Waals surface area contributed by atoms with Crippen LogP contribution in [-0.4, -0.2) is 33.4 Å². The molecule has 0 unspecified atom stereocenters. The lowest BCUT2D eigenvalue weighted by Crippen LogP contribution is -2.48. The van der Waals surface area contributed by atoms with Crippen molar-refractivity contribution >= 4 is 24.1 Å². The van der Waals surface area contributed by atoms with Crippen LogP contribution in [0.2, 0.25) is 0 Å². The van der Waals surface area contributed by atoms with Crippen LogP contribution < -0.4 is 5.46 Å². The van der Waals surface area contributed by atoms with Crippen molar-refractivity contribution in [3.63, 3.8) is 0 Å². The summed E-state index contributed by atoms with van der Waals surface area (Å²) in [5.74, 6) is -0.340. The van der Waals surface area contributed by atoms with Gasteiger partial charge in [0.25, 0.3) is 0 Å². The van der Waals surface area contributed by atoms with E-state index >= 15 is 0 Å². The minimum Gasteiger partial charge on any atom is -0.466 e. The van der Waals surface area contributed by atoms with Crippen molar-refractivity contribution in [3.05, 3.63) is 71.8 Å². The van der Waals surface area contributed by atoms with Gasteiger partial charge < -0.3 is 14.0 Å². The van der Waals surface area contributed by atoms with Crippen LogP contribution in [0, 0.1) is 5.41 Å². The van der Waals surface area contributed by atoms with Crippen molar-refractivity contribution in [1.82, 2.24) is 0 Å². The third-order valence-electron chi connectivity index (χ3n) is 4.86. The lowest BCUT2D eigenvalue weighted by Gasteiger charge is -2.33. The summed E-state index contributed by atoms with van der Waals surface area (Å²) in [6, 6.07) is 18.1. The van der Waals surface area contributed by atoms with Gasteiger partial charge in [0, 0.05) is 24.7 Å². The lowest BCUT2D eigenvalue weighted by atomic mass is 9.72. The molecule has 0 spiro atoms. The molecular weight excluding hydrogens is 351 g/mol. The number of esters is 1. The first-order chi connectivity index (χ1) is 13.5. The fourth-order valence-electron chi connectivity index (χ4n) is 3.29. The highest BCUT2D eigenvalue weighted by Crippen LogP contribution is 2.23. The number of carbonyl (C=O) groups excluding carboxylic acids is 1. The topological polar surface area (TPSA) is 44.8 Å². The van der Waals surface area contributed by atoms with Gasteiger partial charge in [-0.1, -0.05) is 68.4 Å². The number of rotatable bonds is 6. The second kappa shape index (κ2) is 9.22. The van der Waals surface area contributed by atoms with E-state index in [9.17, 15) is 4.79 Å². The van der Waals surface area contributed by atoms with Crippen molar-refractivity contribution in [3.8, 4) is 0 Å². The van der Waals surface area contributed by atoms with Gasteiger partial charge >= 0.3 is 13.1 Å². The summed E-state index contributed by atoms with van der Waals surface area (Å²) < 4.78 is 16.8. The fraction of sp³-hybridized carbons (Fsp3) is 0.348. The Morgan fingerprint density at radius 2 is 1.71 bits per heavy atom. The Kier molecular flexibility index (Phi) is 6.71. The van der Waals surface area contributed by atoms with E-state index in [0.29, 0.717) is 19.6 Å². The monoisotopic (exact) mass is 378 g/mol. The Hall–Kier alpha value is -2.37. The van der Waals surface area contributed by atoms with E-state index in [1.54, 1.807) is 6.08 Å². The van der Waals surface area contributed by atoms with Crippen LogP contribution in [0.3, 0.4) is 0 Å². The molecule has 0 radical (unpaired) electrons. The molecule has 3 rings (SSSR count). The minimum absolute atomic E-state index is 0.0369. The van der Waals surface area contributed by atoms with Crippen molar-refractivity contribution in [2.24, 2.45) is 5.41 Å². The highest BCUT2D eigenvalue weighted by molar-refractivity contribution is 6.62. The number of aryl methyl sites for hydroxylation is 1. The van der Waals surface area contributed by atoms with Crippen LogP contribution in [0.15, 0.2) is 60.7 Å². The van der Waals surface area contributed by atoms with Gasteiger partial charge in [-0.2, -0.15) is 0 Å². The Bertz CT molecular complexity index is 820. The highest BCUT2D eigenvalue weighted by atomic mass is 16.6. The molecule has 0 aliphatic carbocycles. The molecular formula is C23H27BO4. The molecule has 1 aliphatic rings. The number of ether oxygens (including phenoxy) is 1. The molecule has 5 heteroatoms. The van der Waals surface area contributed by atoms with Crippen molar-refractivity contribution in [2.45, 2.75) is 26.7 Å². The molecule has 0 saturated carbocycles. The van der Waals surface area contributed by atoms with Gasteiger partial charge in [-0.05, 0) is 35.0 Å². The Morgan fingerprint density at radius 1 is 1.07 bits per heavy atom. The Labute approximate surface area is 167 Å². The third kappa shape index (κ3) is 5.34. The SMILES string of the molecule is COC(=O)/C=C(/CCc1ccccc1B1OCC(C)(C)CO1)c1ccccc1. The average molecular weight is 378 g/mol. The smallest absolute Gasteiger partial charge is 0.466 e. The van der Waals surface area contributed by atoms with E-state index in [-0.39, 0.29) is 18.5 Å². The van der Waals surface area contributed by atoms with Crippen LogP contribution in [0.5, 0.6) is 0 Å². The number of allylic oxidation sites excluding steroid dienone is 1. The van der Waals surface area contributed by atoms with Gasteiger partial charge in [0.1, 0.15) is 0 Å².